The van der Waals surface area contributed by atoms with Gasteiger partial charge in [0.2, 0.25) is 5.95 Å². The Morgan fingerprint density at radius 1 is 1.75 bits per heavy atom. The third-order valence-electron chi connectivity index (χ3n) is 2.35. The molecule has 0 saturated heterocycles. The van der Waals surface area contributed by atoms with E-state index in [2.05, 4.69) is 10.3 Å². The summed E-state index contributed by atoms with van der Waals surface area (Å²) in [6, 6.07) is 4.76. The summed E-state index contributed by atoms with van der Waals surface area (Å²) >= 11 is 0. The maximum atomic E-state index is 13.2. The van der Waals surface area contributed by atoms with Crippen LogP contribution in [0.3, 0.4) is 0 Å². The first-order valence-electron chi connectivity index (χ1n) is 4.86. The first-order valence-corrected chi connectivity index (χ1v) is 4.86. The number of amides is 1. The van der Waals surface area contributed by atoms with Crippen molar-refractivity contribution in [2.75, 3.05) is 0 Å². The second-order valence-electron chi connectivity index (χ2n) is 3.59. The van der Waals surface area contributed by atoms with Crippen LogP contribution in [-0.2, 0) is 0 Å². The van der Waals surface area contributed by atoms with Crippen molar-refractivity contribution in [2.45, 2.75) is 25.8 Å². The lowest BCUT2D eigenvalue weighted by Gasteiger charge is -2.21. The third kappa shape index (κ3) is 2.54. The summed E-state index contributed by atoms with van der Waals surface area (Å²) in [5, 5.41) is 11.3. The third-order valence-corrected chi connectivity index (χ3v) is 2.35. The van der Waals surface area contributed by atoms with Crippen LogP contribution >= 0.6 is 0 Å². The van der Waals surface area contributed by atoms with Crippen molar-refractivity contribution in [1.82, 2.24) is 10.3 Å². The van der Waals surface area contributed by atoms with Crippen molar-refractivity contribution >= 4 is 5.91 Å². The largest absolute Gasteiger partial charge is 0.334 e. The lowest BCUT2D eigenvalue weighted by atomic mass is 10.0. The van der Waals surface area contributed by atoms with Crippen LogP contribution in [0.2, 0.25) is 0 Å². The van der Waals surface area contributed by atoms with E-state index in [1.54, 1.807) is 13.8 Å². The van der Waals surface area contributed by atoms with E-state index >= 15 is 0 Å². The van der Waals surface area contributed by atoms with E-state index in [9.17, 15) is 9.18 Å². The van der Waals surface area contributed by atoms with Crippen LogP contribution in [-0.4, -0.2) is 16.4 Å². The minimum Gasteiger partial charge on any atom is -0.334 e. The van der Waals surface area contributed by atoms with E-state index in [0.717, 1.165) is 0 Å². The van der Waals surface area contributed by atoms with Gasteiger partial charge in [-0.25, -0.2) is 4.98 Å². The van der Waals surface area contributed by atoms with E-state index in [1.165, 1.54) is 18.3 Å². The highest BCUT2D eigenvalue weighted by molar-refractivity contribution is 5.94. The zero-order valence-corrected chi connectivity index (χ0v) is 9.12. The fourth-order valence-electron chi connectivity index (χ4n) is 1.07. The van der Waals surface area contributed by atoms with Gasteiger partial charge in [-0.1, -0.05) is 6.92 Å². The molecule has 1 aromatic rings. The van der Waals surface area contributed by atoms with Crippen molar-refractivity contribution in [3.63, 3.8) is 0 Å². The molecule has 4 nitrogen and oxygen atoms in total. The van der Waals surface area contributed by atoms with Gasteiger partial charge in [0.25, 0.3) is 5.91 Å². The summed E-state index contributed by atoms with van der Waals surface area (Å²) < 4.78 is 13.2. The van der Waals surface area contributed by atoms with Gasteiger partial charge in [0.15, 0.2) is 0 Å². The van der Waals surface area contributed by atoms with E-state index in [4.69, 9.17) is 5.26 Å². The van der Waals surface area contributed by atoms with Gasteiger partial charge in [-0.3, -0.25) is 4.79 Å². The van der Waals surface area contributed by atoms with Gasteiger partial charge in [-0.05, 0) is 25.5 Å². The summed E-state index contributed by atoms with van der Waals surface area (Å²) in [5.74, 6) is -1.46. The number of halogens is 1. The van der Waals surface area contributed by atoms with Crippen molar-refractivity contribution in [2.24, 2.45) is 0 Å². The number of pyridine rings is 1. The minimum absolute atomic E-state index is 0.155. The predicted octanol–water partition coefficient (Wildman–Crippen LogP) is 1.64. The molecule has 0 aromatic carbocycles. The van der Waals surface area contributed by atoms with Gasteiger partial charge in [0, 0.05) is 6.20 Å². The number of carbonyl (C=O) groups is 1. The van der Waals surface area contributed by atoms with Crippen LogP contribution in [0.15, 0.2) is 18.3 Å². The number of hydrogen-bond donors (Lipinski definition) is 1. The first kappa shape index (κ1) is 12.1. The zero-order valence-electron chi connectivity index (χ0n) is 9.12. The molecular formula is C11H12FN3O. The van der Waals surface area contributed by atoms with Gasteiger partial charge in [0.05, 0.1) is 11.6 Å². The van der Waals surface area contributed by atoms with E-state index in [0.29, 0.717) is 6.42 Å². The highest BCUT2D eigenvalue weighted by Gasteiger charge is 2.25. The Balaban J connectivity index is 2.90. The zero-order chi connectivity index (χ0) is 12.2. The Kier molecular flexibility index (Phi) is 3.56. The number of hydrogen-bond acceptors (Lipinski definition) is 3. The molecule has 84 valence electrons. The number of aromatic nitrogens is 1. The molecule has 1 atom stereocenters. The standard InChI is InChI=1S/C11H12FN3O/c1-3-11(2,7-13)15-10(16)8-5-4-6-14-9(8)12/h4-6H,3H2,1-2H3,(H,15,16). The topological polar surface area (TPSA) is 65.8 Å². The molecule has 0 saturated carbocycles. The average molecular weight is 221 g/mol. The molecule has 1 heterocycles. The Morgan fingerprint density at radius 3 is 2.94 bits per heavy atom. The lowest BCUT2D eigenvalue weighted by molar-refractivity contribution is 0.0918. The van der Waals surface area contributed by atoms with Gasteiger partial charge in [-0.2, -0.15) is 9.65 Å². The molecular weight excluding hydrogens is 209 g/mol. The van der Waals surface area contributed by atoms with Crippen LogP contribution in [0, 0.1) is 17.3 Å². The van der Waals surface area contributed by atoms with E-state index in [-0.39, 0.29) is 5.56 Å². The van der Waals surface area contributed by atoms with Gasteiger partial charge in [0.1, 0.15) is 5.54 Å². The lowest BCUT2D eigenvalue weighted by Crippen LogP contribution is -2.44. The summed E-state index contributed by atoms with van der Waals surface area (Å²) in [6.45, 7) is 3.35. The minimum atomic E-state index is -0.987. The van der Waals surface area contributed by atoms with Crippen LogP contribution in [0.1, 0.15) is 30.6 Å². The van der Waals surface area contributed by atoms with E-state index in [1.807, 2.05) is 6.07 Å². The first-order chi connectivity index (χ1) is 7.52. The van der Waals surface area contributed by atoms with Crippen molar-refractivity contribution in [3.05, 3.63) is 29.8 Å². The van der Waals surface area contributed by atoms with Gasteiger partial charge >= 0.3 is 0 Å². The normalized spacial score (nSPS) is 13.6. The quantitative estimate of drug-likeness (QED) is 0.789. The molecule has 0 aliphatic rings. The Bertz CT molecular complexity index is 441. The molecule has 5 heteroatoms. The summed E-state index contributed by atoms with van der Waals surface area (Å²) in [5.41, 5.74) is -1.14. The molecule has 1 aromatic heterocycles. The molecule has 0 aliphatic carbocycles. The SMILES string of the molecule is CCC(C)(C#N)NC(=O)c1cccnc1F. The summed E-state index contributed by atoms with van der Waals surface area (Å²) in [6.07, 6.45) is 1.70. The number of nitriles is 1. The van der Waals surface area contributed by atoms with Gasteiger partial charge in [-0.15, -0.1) is 0 Å². The fraction of sp³-hybridized carbons (Fsp3) is 0.364. The molecule has 1 amide bonds. The molecule has 1 rings (SSSR count). The molecule has 16 heavy (non-hydrogen) atoms. The van der Waals surface area contributed by atoms with E-state index < -0.39 is 17.4 Å². The average Bonchev–Trinajstić information content (AvgIpc) is 2.29. The number of nitrogens with zero attached hydrogens (tertiary/aromatic N) is 2. The highest BCUT2D eigenvalue weighted by Crippen LogP contribution is 2.10. The van der Waals surface area contributed by atoms with Crippen LogP contribution < -0.4 is 5.32 Å². The van der Waals surface area contributed by atoms with Crippen molar-refractivity contribution in [1.29, 1.82) is 5.26 Å². The highest BCUT2D eigenvalue weighted by atomic mass is 19.1. The Morgan fingerprint density at radius 2 is 2.44 bits per heavy atom. The summed E-state index contributed by atoms with van der Waals surface area (Å²) in [7, 11) is 0. The van der Waals surface area contributed by atoms with Gasteiger partial charge < -0.3 is 5.32 Å². The van der Waals surface area contributed by atoms with Crippen LogP contribution in [0.25, 0.3) is 0 Å². The summed E-state index contributed by atoms with van der Waals surface area (Å²) in [4.78, 5) is 15.0. The molecule has 0 radical (unpaired) electrons. The fourth-order valence-corrected chi connectivity index (χ4v) is 1.07. The Hall–Kier alpha value is -1.96. The predicted molar refractivity (Wildman–Crippen MR) is 56.0 cm³/mol. The molecule has 0 fully saturated rings. The maximum Gasteiger partial charge on any atom is 0.257 e. The molecule has 1 N–H and O–H groups in total. The number of nitrogens with one attached hydrogen (secondary N) is 1. The Labute approximate surface area is 93.1 Å². The van der Waals surface area contributed by atoms with Crippen molar-refractivity contribution in [3.8, 4) is 6.07 Å². The smallest absolute Gasteiger partial charge is 0.257 e. The molecule has 0 spiro atoms. The monoisotopic (exact) mass is 221 g/mol. The number of carbonyl (C=O) groups excluding carboxylic acids is 1. The second kappa shape index (κ2) is 4.71. The van der Waals surface area contributed by atoms with Crippen molar-refractivity contribution < 1.29 is 9.18 Å². The molecule has 0 bridgehead atoms. The second-order valence-corrected chi connectivity index (χ2v) is 3.59. The van der Waals surface area contributed by atoms with Crippen LogP contribution in [0.4, 0.5) is 4.39 Å². The maximum absolute atomic E-state index is 13.2. The number of rotatable bonds is 3. The van der Waals surface area contributed by atoms with Crippen LogP contribution in [0.5, 0.6) is 0 Å². The molecule has 1 unspecified atom stereocenters. The molecule has 0 aliphatic heterocycles.